The summed E-state index contributed by atoms with van der Waals surface area (Å²) in [5.41, 5.74) is 2.20. The number of amides is 1. The Balaban J connectivity index is 1.27. The fourth-order valence-corrected chi connectivity index (χ4v) is 5.83. The highest BCUT2D eigenvalue weighted by atomic mass is 32.2. The van der Waals surface area contributed by atoms with E-state index >= 15 is 0 Å². The first-order chi connectivity index (χ1) is 15.0. The number of aromatic amines is 1. The van der Waals surface area contributed by atoms with E-state index in [1.165, 1.54) is 22.2 Å². The maximum Gasteiger partial charge on any atom is 0.259 e. The molecule has 1 unspecified atom stereocenters. The van der Waals surface area contributed by atoms with Gasteiger partial charge in [0.1, 0.15) is 10.7 Å². The molecule has 4 rings (SSSR count). The maximum atomic E-state index is 12.5. The predicted molar refractivity (Wildman–Crippen MR) is 130 cm³/mol. The Morgan fingerprint density at radius 2 is 2.06 bits per heavy atom. The topological polar surface area (TPSA) is 86.9 Å². The van der Waals surface area contributed by atoms with Gasteiger partial charge >= 0.3 is 0 Å². The molecule has 31 heavy (non-hydrogen) atoms. The molecule has 0 bridgehead atoms. The van der Waals surface area contributed by atoms with E-state index in [-0.39, 0.29) is 17.5 Å². The highest BCUT2D eigenvalue weighted by Gasteiger charge is 2.21. The number of H-pyrrole nitrogens is 1. The number of para-hydroxylation sites is 1. The van der Waals surface area contributed by atoms with Gasteiger partial charge in [-0.15, -0.1) is 23.1 Å². The summed E-state index contributed by atoms with van der Waals surface area (Å²) in [4.78, 5) is 34.6. The third-order valence-electron chi connectivity index (χ3n) is 5.55. The molecule has 0 fully saturated rings. The van der Waals surface area contributed by atoms with E-state index in [1.807, 2.05) is 30.3 Å². The van der Waals surface area contributed by atoms with Crippen molar-refractivity contribution in [3.05, 3.63) is 57.0 Å². The maximum absolute atomic E-state index is 12.5. The minimum Gasteiger partial charge on any atom is -0.380 e. The van der Waals surface area contributed by atoms with Crippen LogP contribution in [0.1, 0.15) is 36.5 Å². The summed E-state index contributed by atoms with van der Waals surface area (Å²) in [5.74, 6) is 1.85. The first kappa shape index (κ1) is 21.9. The van der Waals surface area contributed by atoms with E-state index in [4.69, 9.17) is 0 Å². The number of nitrogens with zero attached hydrogens (tertiary/aromatic N) is 1. The third-order valence-corrected chi connectivity index (χ3v) is 7.68. The van der Waals surface area contributed by atoms with Crippen molar-refractivity contribution < 1.29 is 4.79 Å². The van der Waals surface area contributed by atoms with Crippen LogP contribution in [0.4, 0.5) is 5.69 Å². The van der Waals surface area contributed by atoms with Gasteiger partial charge < -0.3 is 15.6 Å². The summed E-state index contributed by atoms with van der Waals surface area (Å²) in [6, 6.07) is 10.2. The second-order valence-electron chi connectivity index (χ2n) is 8.21. The van der Waals surface area contributed by atoms with E-state index in [0.717, 1.165) is 35.2 Å². The molecule has 0 spiro atoms. The van der Waals surface area contributed by atoms with Gasteiger partial charge in [0.15, 0.2) is 0 Å². The third kappa shape index (κ3) is 5.30. The molecule has 2 aromatic heterocycles. The molecule has 0 saturated heterocycles. The number of thiophene rings is 1. The average molecular weight is 457 g/mol. The van der Waals surface area contributed by atoms with Crippen molar-refractivity contribution >= 4 is 44.9 Å². The highest BCUT2D eigenvalue weighted by Crippen LogP contribution is 2.34. The first-order valence-electron chi connectivity index (χ1n) is 10.7. The molecule has 1 aliphatic carbocycles. The zero-order valence-electron chi connectivity index (χ0n) is 17.9. The Kier molecular flexibility index (Phi) is 6.97. The molecular formula is C23H28N4O2S2. The SMILES string of the molecule is CC(C)C(CNC(=O)CSCc1nc2sc3c(c2c(=O)[nH]1)CCC3)Nc1ccccc1. The molecule has 8 heteroatoms. The molecule has 3 N–H and O–H groups in total. The predicted octanol–water partition coefficient (Wildman–Crippen LogP) is 3.96. The smallest absolute Gasteiger partial charge is 0.259 e. The quantitative estimate of drug-likeness (QED) is 0.454. The van der Waals surface area contributed by atoms with Crippen LogP contribution in [-0.4, -0.2) is 34.2 Å². The van der Waals surface area contributed by atoms with Crippen molar-refractivity contribution in [3.8, 4) is 0 Å². The summed E-state index contributed by atoms with van der Waals surface area (Å²) >= 11 is 3.11. The van der Waals surface area contributed by atoms with E-state index in [0.29, 0.717) is 29.8 Å². The van der Waals surface area contributed by atoms with Gasteiger partial charge in [-0.25, -0.2) is 4.98 Å². The molecule has 0 radical (unpaired) electrons. The number of hydrogen-bond acceptors (Lipinski definition) is 6. The van der Waals surface area contributed by atoms with Crippen LogP contribution in [0.5, 0.6) is 0 Å². The summed E-state index contributed by atoms with van der Waals surface area (Å²) in [5, 5.41) is 7.28. The fraction of sp³-hybridized carbons (Fsp3) is 0.435. The molecule has 1 atom stereocenters. The Hall–Kier alpha value is -2.32. The molecule has 1 aliphatic rings. The van der Waals surface area contributed by atoms with Crippen LogP contribution >= 0.6 is 23.1 Å². The summed E-state index contributed by atoms with van der Waals surface area (Å²) in [7, 11) is 0. The van der Waals surface area contributed by atoms with Gasteiger partial charge in [-0.05, 0) is 42.9 Å². The van der Waals surface area contributed by atoms with Crippen LogP contribution in [0.3, 0.4) is 0 Å². The van der Waals surface area contributed by atoms with Gasteiger partial charge in [-0.3, -0.25) is 9.59 Å². The Morgan fingerprint density at radius 3 is 2.84 bits per heavy atom. The summed E-state index contributed by atoms with van der Waals surface area (Å²) in [6.45, 7) is 4.84. The van der Waals surface area contributed by atoms with Gasteiger partial charge in [-0.2, -0.15) is 0 Å². The molecule has 164 valence electrons. The highest BCUT2D eigenvalue weighted by molar-refractivity contribution is 7.99. The zero-order chi connectivity index (χ0) is 21.8. The van der Waals surface area contributed by atoms with E-state index in [2.05, 4.69) is 34.4 Å². The lowest BCUT2D eigenvalue weighted by atomic mass is 10.0. The Labute approximate surface area is 190 Å². The summed E-state index contributed by atoms with van der Waals surface area (Å²) < 4.78 is 0. The number of aromatic nitrogens is 2. The number of nitrogens with one attached hydrogen (secondary N) is 3. The van der Waals surface area contributed by atoms with Crippen molar-refractivity contribution in [1.29, 1.82) is 0 Å². The van der Waals surface area contributed by atoms with E-state index in [1.54, 1.807) is 11.3 Å². The molecule has 6 nitrogen and oxygen atoms in total. The lowest BCUT2D eigenvalue weighted by Crippen LogP contribution is -2.40. The zero-order valence-corrected chi connectivity index (χ0v) is 19.5. The molecule has 3 aromatic rings. The lowest BCUT2D eigenvalue weighted by molar-refractivity contribution is -0.118. The van der Waals surface area contributed by atoms with Crippen LogP contribution in [0.2, 0.25) is 0 Å². The van der Waals surface area contributed by atoms with Crippen LogP contribution in [0, 0.1) is 5.92 Å². The van der Waals surface area contributed by atoms with Crippen molar-refractivity contribution in [2.24, 2.45) is 5.92 Å². The van der Waals surface area contributed by atoms with E-state index in [9.17, 15) is 9.59 Å². The van der Waals surface area contributed by atoms with Crippen LogP contribution in [0.15, 0.2) is 35.1 Å². The summed E-state index contributed by atoms with van der Waals surface area (Å²) in [6.07, 6.45) is 3.16. The van der Waals surface area contributed by atoms with Gasteiger partial charge in [0.25, 0.3) is 5.56 Å². The number of aryl methyl sites for hydroxylation is 2. The second-order valence-corrected chi connectivity index (χ2v) is 10.3. The standard InChI is InChI=1S/C23H28N4O2S2/c1-14(2)17(25-15-7-4-3-5-8-15)11-24-20(28)13-30-12-19-26-22(29)21-16-9-6-10-18(16)31-23(21)27-19/h3-5,7-8,14,17,25H,6,9-13H2,1-2H3,(H,24,28)(H,26,27,29). The Morgan fingerprint density at radius 1 is 1.26 bits per heavy atom. The van der Waals surface area contributed by atoms with Gasteiger partial charge in [0, 0.05) is 23.2 Å². The van der Waals surface area contributed by atoms with Crippen LogP contribution < -0.4 is 16.2 Å². The molecule has 1 aromatic carbocycles. The number of carbonyl (C=O) groups excluding carboxylic acids is 1. The lowest BCUT2D eigenvalue weighted by Gasteiger charge is -2.24. The fourth-order valence-electron chi connectivity index (χ4n) is 3.83. The normalized spacial score (nSPS) is 14.0. The van der Waals surface area contributed by atoms with Crippen molar-refractivity contribution in [3.63, 3.8) is 0 Å². The number of thioether (sulfide) groups is 1. The Bertz CT molecular complexity index is 1110. The van der Waals surface area contributed by atoms with Gasteiger partial charge in [0.05, 0.1) is 16.9 Å². The minimum absolute atomic E-state index is 0.0102. The average Bonchev–Trinajstić information content (AvgIpc) is 3.32. The van der Waals surface area contributed by atoms with Crippen molar-refractivity contribution in [1.82, 2.24) is 15.3 Å². The van der Waals surface area contributed by atoms with Crippen molar-refractivity contribution in [2.75, 3.05) is 17.6 Å². The number of benzene rings is 1. The first-order valence-corrected chi connectivity index (χ1v) is 12.7. The number of rotatable bonds is 9. The number of fused-ring (bicyclic) bond motifs is 3. The molecule has 0 saturated carbocycles. The largest absolute Gasteiger partial charge is 0.380 e. The van der Waals surface area contributed by atoms with E-state index < -0.39 is 0 Å². The van der Waals surface area contributed by atoms with Crippen LogP contribution in [-0.2, 0) is 23.4 Å². The number of carbonyl (C=O) groups is 1. The van der Waals surface area contributed by atoms with Crippen LogP contribution in [0.25, 0.3) is 10.2 Å². The van der Waals surface area contributed by atoms with Gasteiger partial charge in [0.2, 0.25) is 5.91 Å². The monoisotopic (exact) mass is 456 g/mol. The van der Waals surface area contributed by atoms with Crippen molar-refractivity contribution in [2.45, 2.75) is 44.9 Å². The number of anilines is 1. The van der Waals surface area contributed by atoms with Gasteiger partial charge in [-0.1, -0.05) is 32.0 Å². The molecule has 0 aliphatic heterocycles. The molecular weight excluding hydrogens is 428 g/mol. The second kappa shape index (κ2) is 9.87. The molecule has 1 amide bonds. The molecule has 2 heterocycles. The number of hydrogen-bond donors (Lipinski definition) is 3. The minimum atomic E-state index is -0.0452.